The van der Waals surface area contributed by atoms with Crippen molar-refractivity contribution in [1.82, 2.24) is 10.2 Å². The van der Waals surface area contributed by atoms with Crippen molar-refractivity contribution >= 4 is 5.97 Å². The van der Waals surface area contributed by atoms with Crippen molar-refractivity contribution in [2.45, 2.75) is 20.3 Å². The second-order valence-corrected chi connectivity index (χ2v) is 3.38. The van der Waals surface area contributed by atoms with E-state index < -0.39 is 5.97 Å². The molecule has 0 heterocycles. The summed E-state index contributed by atoms with van der Waals surface area (Å²) >= 11 is 0. The summed E-state index contributed by atoms with van der Waals surface area (Å²) in [7, 11) is 0. The zero-order valence-electron chi connectivity index (χ0n) is 9.70. The summed E-state index contributed by atoms with van der Waals surface area (Å²) in [6.45, 7) is 9.06. The fraction of sp³-hybridized carbons (Fsp3) is 0.727. The molecule has 0 unspecified atom stereocenters. The molecule has 0 rings (SSSR count). The lowest BCUT2D eigenvalue weighted by atomic mass is 10.4. The molecule has 0 saturated carbocycles. The lowest BCUT2D eigenvalue weighted by Gasteiger charge is -2.19. The van der Waals surface area contributed by atoms with E-state index in [0.717, 1.165) is 32.3 Å². The first-order chi connectivity index (χ1) is 7.20. The van der Waals surface area contributed by atoms with Gasteiger partial charge in [0.2, 0.25) is 0 Å². The van der Waals surface area contributed by atoms with Gasteiger partial charge >= 0.3 is 5.97 Å². The predicted molar refractivity (Wildman–Crippen MR) is 62.1 cm³/mol. The number of carbonyl (C=O) groups is 1. The first-order valence-electron chi connectivity index (χ1n) is 5.53. The fourth-order valence-corrected chi connectivity index (χ4v) is 1.33. The quantitative estimate of drug-likeness (QED) is 0.443. The summed E-state index contributed by atoms with van der Waals surface area (Å²) in [5.74, 6) is -0.891. The maximum Gasteiger partial charge on any atom is 0.328 e. The Bertz CT molecular complexity index is 193. The highest BCUT2D eigenvalue weighted by Crippen LogP contribution is 1.88. The molecule has 0 aliphatic carbocycles. The second kappa shape index (κ2) is 9.68. The zero-order chi connectivity index (χ0) is 11.5. The van der Waals surface area contributed by atoms with E-state index in [4.69, 9.17) is 5.11 Å². The smallest absolute Gasteiger partial charge is 0.328 e. The van der Waals surface area contributed by atoms with Crippen LogP contribution in [0.5, 0.6) is 0 Å². The maximum absolute atomic E-state index is 10.1. The average Bonchev–Trinajstić information content (AvgIpc) is 2.21. The molecule has 0 spiro atoms. The third-order valence-electron chi connectivity index (χ3n) is 2.11. The Hall–Kier alpha value is -0.870. The van der Waals surface area contributed by atoms with E-state index in [0.29, 0.717) is 6.54 Å². The molecule has 0 bridgehead atoms. The van der Waals surface area contributed by atoms with Crippen LogP contribution in [0.15, 0.2) is 12.2 Å². The van der Waals surface area contributed by atoms with Crippen LogP contribution in [0.2, 0.25) is 0 Å². The minimum Gasteiger partial charge on any atom is -0.478 e. The Morgan fingerprint density at radius 3 is 2.67 bits per heavy atom. The van der Waals surface area contributed by atoms with Gasteiger partial charge in [-0.25, -0.2) is 4.79 Å². The Morgan fingerprint density at radius 1 is 1.40 bits per heavy atom. The number of nitrogens with zero attached hydrogens (tertiary/aromatic N) is 1. The number of carboxylic acid groups (broad SMARTS) is 1. The molecule has 2 N–H and O–H groups in total. The van der Waals surface area contributed by atoms with Crippen LogP contribution in [0.1, 0.15) is 20.3 Å². The number of hydrogen-bond acceptors (Lipinski definition) is 3. The van der Waals surface area contributed by atoms with Gasteiger partial charge < -0.3 is 15.3 Å². The van der Waals surface area contributed by atoms with Gasteiger partial charge in [0.05, 0.1) is 0 Å². The van der Waals surface area contributed by atoms with E-state index in [1.54, 1.807) is 6.08 Å². The van der Waals surface area contributed by atoms with Gasteiger partial charge in [0.1, 0.15) is 0 Å². The first kappa shape index (κ1) is 14.1. The molecule has 4 heteroatoms. The molecule has 0 aromatic heterocycles. The Kier molecular flexibility index (Phi) is 9.11. The van der Waals surface area contributed by atoms with Gasteiger partial charge in [-0.05, 0) is 19.5 Å². The second-order valence-electron chi connectivity index (χ2n) is 3.38. The van der Waals surface area contributed by atoms with Crippen molar-refractivity contribution in [3.8, 4) is 0 Å². The normalized spacial score (nSPS) is 11.4. The molecule has 0 atom stereocenters. The summed E-state index contributed by atoms with van der Waals surface area (Å²) in [4.78, 5) is 12.5. The zero-order valence-corrected chi connectivity index (χ0v) is 9.70. The lowest BCUT2D eigenvalue weighted by molar-refractivity contribution is -0.131. The Labute approximate surface area is 92.0 Å². The number of rotatable bonds is 9. The Balaban J connectivity index is 3.40. The number of likely N-dealkylation sites (N-methyl/N-ethyl adjacent to an activating group) is 1. The fourth-order valence-electron chi connectivity index (χ4n) is 1.33. The van der Waals surface area contributed by atoms with Crippen LogP contribution in [-0.2, 0) is 4.79 Å². The van der Waals surface area contributed by atoms with Gasteiger partial charge in [-0.1, -0.05) is 19.9 Å². The molecule has 0 amide bonds. The minimum atomic E-state index is -0.891. The predicted octanol–water partition coefficient (Wildman–Crippen LogP) is 0.949. The highest BCUT2D eigenvalue weighted by molar-refractivity contribution is 5.79. The first-order valence-corrected chi connectivity index (χ1v) is 5.53. The molecule has 0 aliphatic rings. The molecule has 0 radical (unpaired) electrons. The number of aliphatic carboxylic acids is 1. The van der Waals surface area contributed by atoms with Crippen molar-refractivity contribution < 1.29 is 9.90 Å². The number of hydrogen-bond donors (Lipinski definition) is 2. The van der Waals surface area contributed by atoms with E-state index in [9.17, 15) is 4.79 Å². The third-order valence-corrected chi connectivity index (χ3v) is 2.11. The molecule has 88 valence electrons. The lowest BCUT2D eigenvalue weighted by Crippen LogP contribution is -2.32. The maximum atomic E-state index is 10.1. The number of nitrogens with one attached hydrogen (secondary N) is 1. The van der Waals surface area contributed by atoms with Crippen LogP contribution in [0.4, 0.5) is 0 Å². The van der Waals surface area contributed by atoms with Gasteiger partial charge in [0.15, 0.2) is 0 Å². The van der Waals surface area contributed by atoms with Crippen molar-refractivity contribution in [3.63, 3.8) is 0 Å². The van der Waals surface area contributed by atoms with E-state index in [-0.39, 0.29) is 0 Å². The van der Waals surface area contributed by atoms with Crippen LogP contribution in [0.25, 0.3) is 0 Å². The van der Waals surface area contributed by atoms with Gasteiger partial charge in [0, 0.05) is 25.7 Å². The van der Waals surface area contributed by atoms with Crippen LogP contribution in [0, 0.1) is 0 Å². The standard InChI is InChI=1S/C11H22N2O2/c1-3-9-13(4-2)10-8-12-7-5-6-11(14)15/h5-6,12H,3-4,7-10H2,1-2H3,(H,14,15)/b6-5+. The topological polar surface area (TPSA) is 52.6 Å². The molecule has 0 aromatic rings. The molecule has 15 heavy (non-hydrogen) atoms. The molecule has 4 nitrogen and oxygen atoms in total. The van der Waals surface area contributed by atoms with Gasteiger partial charge in [-0.3, -0.25) is 0 Å². The molecule has 0 fully saturated rings. The minimum absolute atomic E-state index is 0.621. The van der Waals surface area contributed by atoms with Gasteiger partial charge in [-0.2, -0.15) is 0 Å². The monoisotopic (exact) mass is 214 g/mol. The highest BCUT2D eigenvalue weighted by Gasteiger charge is 1.98. The van der Waals surface area contributed by atoms with Gasteiger partial charge in [0.25, 0.3) is 0 Å². The van der Waals surface area contributed by atoms with E-state index in [2.05, 4.69) is 24.1 Å². The van der Waals surface area contributed by atoms with Crippen molar-refractivity contribution in [1.29, 1.82) is 0 Å². The molecule has 0 aliphatic heterocycles. The summed E-state index contributed by atoms with van der Waals surface area (Å²) in [6.07, 6.45) is 3.96. The van der Waals surface area contributed by atoms with E-state index in [1.807, 2.05) is 0 Å². The summed E-state index contributed by atoms with van der Waals surface area (Å²) in [5.41, 5.74) is 0. The van der Waals surface area contributed by atoms with Crippen molar-refractivity contribution in [2.24, 2.45) is 0 Å². The SMILES string of the molecule is CCCN(CC)CCNC/C=C/C(=O)O. The van der Waals surface area contributed by atoms with E-state index in [1.165, 1.54) is 6.42 Å². The summed E-state index contributed by atoms with van der Waals surface area (Å²) in [5, 5.41) is 11.5. The average molecular weight is 214 g/mol. The largest absolute Gasteiger partial charge is 0.478 e. The summed E-state index contributed by atoms with van der Waals surface area (Å²) in [6, 6.07) is 0. The van der Waals surface area contributed by atoms with Crippen LogP contribution in [-0.4, -0.2) is 48.7 Å². The molecule has 0 aromatic carbocycles. The van der Waals surface area contributed by atoms with Crippen LogP contribution in [0.3, 0.4) is 0 Å². The summed E-state index contributed by atoms with van der Waals surface area (Å²) < 4.78 is 0. The van der Waals surface area contributed by atoms with Crippen molar-refractivity contribution in [2.75, 3.05) is 32.7 Å². The van der Waals surface area contributed by atoms with Crippen LogP contribution < -0.4 is 5.32 Å². The van der Waals surface area contributed by atoms with Crippen LogP contribution >= 0.6 is 0 Å². The van der Waals surface area contributed by atoms with Gasteiger partial charge in [-0.15, -0.1) is 0 Å². The molecular formula is C11H22N2O2. The molecule has 0 saturated heterocycles. The Morgan fingerprint density at radius 2 is 2.13 bits per heavy atom. The van der Waals surface area contributed by atoms with Crippen molar-refractivity contribution in [3.05, 3.63) is 12.2 Å². The van der Waals surface area contributed by atoms with E-state index >= 15 is 0 Å². The highest BCUT2D eigenvalue weighted by atomic mass is 16.4. The molecular weight excluding hydrogens is 192 g/mol. The number of carboxylic acids is 1. The third kappa shape index (κ3) is 9.43.